The van der Waals surface area contributed by atoms with Crippen molar-refractivity contribution in [3.05, 3.63) is 74.2 Å². The van der Waals surface area contributed by atoms with Crippen molar-refractivity contribution in [3.63, 3.8) is 0 Å². The summed E-state index contributed by atoms with van der Waals surface area (Å²) < 4.78 is 46.3. The van der Waals surface area contributed by atoms with E-state index in [4.69, 9.17) is 4.74 Å². The Bertz CT molecular complexity index is 1300. The first-order chi connectivity index (χ1) is 15.7. The molecule has 2 atom stereocenters. The van der Waals surface area contributed by atoms with E-state index in [1.54, 1.807) is 0 Å². The Labute approximate surface area is 195 Å². The van der Waals surface area contributed by atoms with Crippen molar-refractivity contribution >= 4 is 34.7 Å². The van der Waals surface area contributed by atoms with Crippen LogP contribution in [0.5, 0.6) is 5.75 Å². The maximum absolute atomic E-state index is 13.0. The molecule has 0 bridgehead atoms. The van der Waals surface area contributed by atoms with Gasteiger partial charge < -0.3 is 10.1 Å². The van der Waals surface area contributed by atoms with Crippen LogP contribution in [0.4, 0.5) is 18.9 Å². The van der Waals surface area contributed by atoms with E-state index in [1.165, 1.54) is 28.5 Å². The number of carbonyl (C=O) groups excluding carboxylic acids is 1. The lowest BCUT2D eigenvalue weighted by Crippen LogP contribution is -2.41. The van der Waals surface area contributed by atoms with Gasteiger partial charge in [-0.25, -0.2) is 0 Å². The Morgan fingerprint density at radius 2 is 2.03 bits per heavy atom. The van der Waals surface area contributed by atoms with Crippen LogP contribution in [0.25, 0.3) is 0 Å². The Balaban J connectivity index is 1.44. The molecule has 2 aliphatic rings. The molecule has 1 aromatic heterocycles. The van der Waals surface area contributed by atoms with Crippen LogP contribution >= 0.6 is 23.1 Å². The van der Waals surface area contributed by atoms with Gasteiger partial charge in [0.15, 0.2) is 0 Å². The molecule has 2 aromatic carbocycles. The van der Waals surface area contributed by atoms with Gasteiger partial charge in [0.05, 0.1) is 17.2 Å². The van der Waals surface area contributed by atoms with E-state index in [0.29, 0.717) is 12.4 Å². The topological polar surface area (TPSA) is 60.3 Å². The highest BCUT2D eigenvalue weighted by Gasteiger charge is 2.47. The van der Waals surface area contributed by atoms with E-state index in [2.05, 4.69) is 12.2 Å². The Morgan fingerprint density at radius 1 is 1.24 bits per heavy atom. The molecule has 0 radical (unpaired) electrons. The zero-order valence-electron chi connectivity index (χ0n) is 17.4. The number of rotatable bonds is 3. The van der Waals surface area contributed by atoms with Crippen LogP contribution in [-0.2, 0) is 17.5 Å². The minimum Gasteiger partial charge on any atom is -0.493 e. The number of carbonyl (C=O) groups is 1. The molecule has 0 fully saturated rings. The number of hydrogen-bond donors (Lipinski definition) is 1. The third-order valence-electron chi connectivity index (χ3n) is 5.93. The zero-order valence-corrected chi connectivity index (χ0v) is 19.1. The zero-order chi connectivity index (χ0) is 23.4. The van der Waals surface area contributed by atoms with Crippen molar-refractivity contribution < 1.29 is 22.7 Å². The van der Waals surface area contributed by atoms with E-state index >= 15 is 0 Å². The molecule has 33 heavy (non-hydrogen) atoms. The lowest BCUT2D eigenvalue weighted by Gasteiger charge is -2.44. The third kappa shape index (κ3) is 3.95. The van der Waals surface area contributed by atoms with Crippen molar-refractivity contribution in [2.75, 3.05) is 17.7 Å². The van der Waals surface area contributed by atoms with Gasteiger partial charge in [-0.2, -0.15) is 13.2 Å². The summed E-state index contributed by atoms with van der Waals surface area (Å²) in [5, 5.41) is 3.22. The van der Waals surface area contributed by atoms with Crippen molar-refractivity contribution in [3.8, 4) is 5.75 Å². The van der Waals surface area contributed by atoms with Crippen molar-refractivity contribution in [1.29, 1.82) is 0 Å². The van der Waals surface area contributed by atoms with Gasteiger partial charge in [0.2, 0.25) is 5.91 Å². The predicted octanol–water partition coefficient (Wildman–Crippen LogP) is 5.20. The lowest BCUT2D eigenvalue weighted by atomic mass is 9.72. The number of thioether (sulfide) groups is 1. The van der Waals surface area contributed by atoms with Crippen LogP contribution in [0.3, 0.4) is 0 Å². The van der Waals surface area contributed by atoms with Crippen molar-refractivity contribution in [2.24, 2.45) is 5.41 Å². The second kappa shape index (κ2) is 7.95. The van der Waals surface area contributed by atoms with Gasteiger partial charge in [0.1, 0.15) is 12.3 Å². The average Bonchev–Trinajstić information content (AvgIpc) is 3.07. The Kier molecular flexibility index (Phi) is 5.32. The smallest absolute Gasteiger partial charge is 0.416 e. The van der Waals surface area contributed by atoms with Gasteiger partial charge in [-0.3, -0.25) is 14.2 Å². The van der Waals surface area contributed by atoms with Crippen molar-refractivity contribution in [2.45, 2.75) is 30.6 Å². The summed E-state index contributed by atoms with van der Waals surface area (Å²) in [6, 6.07) is 12.2. The molecule has 0 saturated heterocycles. The van der Waals surface area contributed by atoms with Gasteiger partial charge in [0, 0.05) is 33.2 Å². The fourth-order valence-corrected chi connectivity index (χ4v) is 7.18. The molecular formula is C23H19F3N2O3S2. The molecule has 1 amide bonds. The number of nitrogens with zero attached hydrogens (tertiary/aromatic N) is 1. The second-order valence-corrected chi connectivity index (χ2v) is 10.4. The van der Waals surface area contributed by atoms with E-state index < -0.39 is 17.6 Å². The molecule has 0 aliphatic carbocycles. The minimum absolute atomic E-state index is 0.0239. The summed E-state index contributed by atoms with van der Waals surface area (Å²) in [7, 11) is 0. The summed E-state index contributed by atoms with van der Waals surface area (Å²) in [4.78, 5) is 26.2. The molecule has 10 heteroatoms. The number of amides is 1. The molecule has 5 nitrogen and oxygen atoms in total. The summed E-state index contributed by atoms with van der Waals surface area (Å²) in [6.07, 6.45) is -4.51. The van der Waals surface area contributed by atoms with Crippen molar-refractivity contribution in [1.82, 2.24) is 4.57 Å². The fourth-order valence-electron chi connectivity index (χ4n) is 4.36. The van der Waals surface area contributed by atoms with E-state index in [9.17, 15) is 22.8 Å². The van der Waals surface area contributed by atoms with Gasteiger partial charge in [-0.05, 0) is 24.3 Å². The van der Waals surface area contributed by atoms with E-state index in [-0.39, 0.29) is 28.4 Å². The fraction of sp³-hybridized carbons (Fsp3) is 0.304. The highest BCUT2D eigenvalue weighted by Crippen LogP contribution is 2.56. The monoisotopic (exact) mass is 492 g/mol. The molecular weight excluding hydrogens is 473 g/mol. The molecule has 3 aromatic rings. The van der Waals surface area contributed by atoms with E-state index in [1.807, 2.05) is 24.3 Å². The number of fused-ring (bicyclic) bond motifs is 5. The molecule has 0 saturated carbocycles. The first-order valence-corrected chi connectivity index (χ1v) is 12.0. The highest BCUT2D eigenvalue weighted by molar-refractivity contribution is 7.99. The van der Waals surface area contributed by atoms with Crippen LogP contribution in [0, 0.1) is 5.41 Å². The molecule has 5 rings (SSSR count). The summed E-state index contributed by atoms with van der Waals surface area (Å²) >= 11 is 2.64. The maximum atomic E-state index is 13.0. The number of hydrogen-bond acceptors (Lipinski definition) is 5. The maximum Gasteiger partial charge on any atom is 0.416 e. The average molecular weight is 493 g/mol. The Morgan fingerprint density at radius 3 is 2.82 bits per heavy atom. The SMILES string of the molecule is CC12COc3ccccc3C1c1sc(=O)n(CC(=O)Nc3cccc(C(F)(F)F)c3)c1SC2. The standard InChI is InChI=1S/C23H19F3N2O3S2/c1-22-11-31-16-8-3-2-7-15(16)18(22)19-20(32-12-22)28(21(30)33-19)10-17(29)27-14-6-4-5-13(9-14)23(24,25)26/h2-9,18H,10-12H2,1H3,(H,27,29). The summed E-state index contributed by atoms with van der Waals surface area (Å²) in [6.45, 7) is 2.40. The number of para-hydroxylation sites is 1. The number of ether oxygens (including phenoxy) is 1. The normalized spacial score (nSPS) is 21.4. The van der Waals surface area contributed by atoms with Crippen LogP contribution < -0.4 is 14.9 Å². The molecule has 3 heterocycles. The molecule has 2 unspecified atom stereocenters. The number of aromatic nitrogens is 1. The second-order valence-electron chi connectivity index (χ2n) is 8.45. The first-order valence-electron chi connectivity index (χ1n) is 10.2. The van der Waals surface area contributed by atoms with E-state index in [0.717, 1.165) is 44.7 Å². The molecule has 0 spiro atoms. The number of benzene rings is 2. The third-order valence-corrected chi connectivity index (χ3v) is 8.62. The Hall–Kier alpha value is -2.72. The van der Waals surface area contributed by atoms with Gasteiger partial charge in [-0.15, -0.1) is 11.8 Å². The van der Waals surface area contributed by atoms with Gasteiger partial charge in [-0.1, -0.05) is 42.5 Å². The number of halogens is 3. The van der Waals surface area contributed by atoms with Crippen LogP contribution in [0.1, 0.15) is 28.8 Å². The van der Waals surface area contributed by atoms with Crippen LogP contribution in [-0.4, -0.2) is 22.8 Å². The molecule has 172 valence electrons. The number of thiazole rings is 1. The molecule has 1 N–H and O–H groups in total. The first kappa shape index (κ1) is 22.1. The largest absolute Gasteiger partial charge is 0.493 e. The number of nitrogens with one attached hydrogen (secondary N) is 1. The van der Waals surface area contributed by atoms with Gasteiger partial charge in [0.25, 0.3) is 0 Å². The van der Waals surface area contributed by atoms with Gasteiger partial charge >= 0.3 is 11.0 Å². The lowest BCUT2D eigenvalue weighted by molar-refractivity contribution is -0.137. The predicted molar refractivity (Wildman–Crippen MR) is 121 cm³/mol. The number of alkyl halides is 3. The summed E-state index contributed by atoms with van der Waals surface area (Å²) in [5.74, 6) is 0.930. The van der Waals surface area contributed by atoms with Crippen LogP contribution in [0.15, 0.2) is 58.4 Å². The summed E-state index contributed by atoms with van der Waals surface area (Å²) in [5.41, 5.74) is 0.0140. The molecule has 2 aliphatic heterocycles. The minimum atomic E-state index is -4.51. The highest BCUT2D eigenvalue weighted by atomic mass is 32.2. The van der Waals surface area contributed by atoms with Crippen LogP contribution in [0.2, 0.25) is 0 Å². The number of anilines is 1. The quantitative estimate of drug-likeness (QED) is 0.546.